The third kappa shape index (κ3) is 5.31. The first-order valence-electron chi connectivity index (χ1n) is 6.15. The Morgan fingerprint density at radius 3 is 2.68 bits per heavy atom. The highest BCUT2D eigenvalue weighted by Gasteiger charge is 2.18. The molecule has 1 N–H and O–H groups in total. The second-order valence-corrected chi connectivity index (χ2v) is 6.65. The number of halogens is 1. The van der Waals surface area contributed by atoms with E-state index in [1.54, 1.807) is 0 Å². The zero-order valence-electron chi connectivity index (χ0n) is 11.3. The molecule has 0 aliphatic rings. The Morgan fingerprint density at radius 1 is 1.53 bits per heavy atom. The van der Waals surface area contributed by atoms with Gasteiger partial charge in [-0.25, -0.2) is 4.28 Å². The maximum atomic E-state index is 11.0. The predicted octanol–water partition coefficient (Wildman–Crippen LogP) is 3.93. The first-order chi connectivity index (χ1) is 9.12. The van der Waals surface area contributed by atoms with Crippen LogP contribution in [0, 0.1) is 5.92 Å². The molecule has 0 spiro atoms. The van der Waals surface area contributed by atoms with E-state index < -0.39 is 0 Å². The number of hydroxylamine groups is 1. The molecule has 0 aliphatic heterocycles. The Kier molecular flexibility index (Phi) is 7.78. The molecule has 1 aromatic rings. The van der Waals surface area contributed by atoms with Gasteiger partial charge in [-0.2, -0.15) is 5.48 Å². The van der Waals surface area contributed by atoms with Crippen LogP contribution in [0.2, 0.25) is 4.34 Å². The summed E-state index contributed by atoms with van der Waals surface area (Å²) in [5.74, 6) is 0.291. The molecule has 108 valence electrons. The van der Waals surface area contributed by atoms with Crippen molar-refractivity contribution in [3.05, 3.63) is 16.5 Å². The highest BCUT2D eigenvalue weighted by molar-refractivity contribution is 7.96. The van der Waals surface area contributed by atoms with E-state index in [1.807, 2.05) is 23.5 Å². The minimum atomic E-state index is -0.275. The van der Waals surface area contributed by atoms with Crippen LogP contribution in [-0.2, 0) is 9.08 Å². The summed E-state index contributed by atoms with van der Waals surface area (Å²) in [6, 6.07) is 3.48. The number of carbonyl (C=O) groups is 1. The van der Waals surface area contributed by atoms with E-state index in [2.05, 4.69) is 19.3 Å². The molecule has 0 bridgehead atoms. The van der Waals surface area contributed by atoms with Gasteiger partial charge in [-0.3, -0.25) is 4.31 Å². The van der Waals surface area contributed by atoms with E-state index in [0.29, 0.717) is 5.92 Å². The lowest BCUT2D eigenvalue weighted by Gasteiger charge is -2.21. The summed E-state index contributed by atoms with van der Waals surface area (Å²) in [7, 11) is 1.88. The molecule has 1 rings (SSSR count). The van der Waals surface area contributed by atoms with Gasteiger partial charge in [0, 0.05) is 7.05 Å². The zero-order chi connectivity index (χ0) is 14.3. The molecule has 0 amide bonds. The lowest BCUT2D eigenvalue weighted by Crippen LogP contribution is -2.36. The maximum absolute atomic E-state index is 11.0. The normalized spacial score (nSPS) is 12.7. The van der Waals surface area contributed by atoms with E-state index in [9.17, 15) is 4.79 Å². The van der Waals surface area contributed by atoms with Gasteiger partial charge in [0.25, 0.3) is 0 Å². The van der Waals surface area contributed by atoms with Crippen molar-refractivity contribution in [1.82, 2.24) is 5.48 Å². The molecule has 1 aromatic heterocycles. The van der Waals surface area contributed by atoms with Crippen molar-refractivity contribution in [2.45, 2.75) is 32.7 Å². The van der Waals surface area contributed by atoms with Gasteiger partial charge in [-0.05, 0) is 18.1 Å². The number of nitrogens with one attached hydrogen (secondary N) is 1. The van der Waals surface area contributed by atoms with Gasteiger partial charge in [-0.15, -0.1) is 11.3 Å². The van der Waals surface area contributed by atoms with Crippen molar-refractivity contribution in [2.75, 3.05) is 11.4 Å². The van der Waals surface area contributed by atoms with E-state index in [0.717, 1.165) is 40.7 Å². The van der Waals surface area contributed by atoms with Crippen molar-refractivity contribution < 1.29 is 9.08 Å². The lowest BCUT2D eigenvalue weighted by atomic mass is 9.96. The van der Waals surface area contributed by atoms with Crippen LogP contribution in [0.5, 0.6) is 0 Å². The highest BCUT2D eigenvalue weighted by atomic mass is 35.5. The van der Waals surface area contributed by atoms with Gasteiger partial charge >= 0.3 is 0 Å². The van der Waals surface area contributed by atoms with Gasteiger partial charge in [0.2, 0.25) is 0 Å². The largest absolute Gasteiger partial charge is 0.302 e. The second kappa shape index (κ2) is 8.81. The zero-order valence-corrected chi connectivity index (χ0v) is 13.6. The van der Waals surface area contributed by atoms with Crippen LogP contribution in [0.25, 0.3) is 0 Å². The molecular formula is C12H19ClN2O2S2. The molecule has 1 unspecified atom stereocenters. The van der Waals surface area contributed by atoms with Crippen molar-refractivity contribution >= 4 is 46.5 Å². The van der Waals surface area contributed by atoms with Crippen LogP contribution in [0.15, 0.2) is 12.1 Å². The Hall–Kier alpha value is -0.270. The molecule has 0 saturated carbocycles. The van der Waals surface area contributed by atoms with Gasteiger partial charge in [0.05, 0.1) is 10.4 Å². The summed E-state index contributed by atoms with van der Waals surface area (Å²) in [4.78, 5) is 11.0. The number of thiophene rings is 1. The lowest BCUT2D eigenvalue weighted by molar-refractivity contribution is -0.112. The molecule has 0 fully saturated rings. The van der Waals surface area contributed by atoms with Crippen LogP contribution in [0.4, 0.5) is 5.00 Å². The number of hydrogen-bond acceptors (Lipinski definition) is 6. The minimum absolute atomic E-state index is 0.275. The van der Waals surface area contributed by atoms with Gasteiger partial charge < -0.3 is 4.79 Å². The Labute approximate surface area is 127 Å². The molecule has 0 aliphatic carbocycles. The number of hydrogen-bond donors (Lipinski definition) is 1. The summed E-state index contributed by atoms with van der Waals surface area (Å²) in [5, 5.41) is 0.988. The predicted molar refractivity (Wildman–Crippen MR) is 83.5 cm³/mol. The van der Waals surface area contributed by atoms with Crippen LogP contribution in [0.3, 0.4) is 0 Å². The Bertz CT molecular complexity index is 386. The van der Waals surface area contributed by atoms with Crippen molar-refractivity contribution in [1.29, 1.82) is 0 Å². The fourth-order valence-corrected chi connectivity index (χ4v) is 3.18. The minimum Gasteiger partial charge on any atom is -0.302 e. The Morgan fingerprint density at radius 2 is 2.21 bits per heavy atom. The highest BCUT2D eigenvalue weighted by Crippen LogP contribution is 2.32. The van der Waals surface area contributed by atoms with Crippen LogP contribution < -0.4 is 9.79 Å². The molecule has 1 heterocycles. The molecule has 0 radical (unpaired) electrons. The number of carbonyl (C=O) groups excluding carboxylic acids is 1. The summed E-state index contributed by atoms with van der Waals surface area (Å²) < 4.78 is 7.90. The summed E-state index contributed by atoms with van der Waals surface area (Å²) in [6.07, 6.45) is 2.79. The number of aldehydes is 1. The van der Waals surface area contributed by atoms with Gasteiger partial charge in [-0.1, -0.05) is 38.3 Å². The molecular weight excluding hydrogens is 304 g/mol. The van der Waals surface area contributed by atoms with E-state index in [4.69, 9.17) is 15.9 Å². The molecule has 4 nitrogen and oxygen atoms in total. The standard InChI is InChI=1S/C12H19ClN2O2S2/c1-4-9(5-2)10(8-16)14-17-19-15(3)12-7-6-11(13)18-12/h6-10,14H,4-5H2,1-3H3. The maximum Gasteiger partial charge on any atom is 0.139 e. The van der Waals surface area contributed by atoms with E-state index in [-0.39, 0.29) is 6.04 Å². The monoisotopic (exact) mass is 322 g/mol. The smallest absolute Gasteiger partial charge is 0.139 e. The average Bonchev–Trinajstić information content (AvgIpc) is 2.84. The first-order valence-corrected chi connectivity index (χ1v) is 8.05. The SMILES string of the molecule is CCC(CC)C(C=O)NOSN(C)c1ccc(Cl)s1. The molecule has 7 heteroatoms. The summed E-state index contributed by atoms with van der Waals surface area (Å²) in [6.45, 7) is 4.14. The summed E-state index contributed by atoms with van der Waals surface area (Å²) >= 11 is 8.48. The molecule has 0 aromatic carbocycles. The molecule has 1 atom stereocenters. The second-order valence-electron chi connectivity index (χ2n) is 4.09. The topological polar surface area (TPSA) is 41.6 Å². The number of rotatable bonds is 9. The number of anilines is 1. The van der Waals surface area contributed by atoms with Crippen molar-refractivity contribution in [3.63, 3.8) is 0 Å². The number of nitrogens with zero attached hydrogens (tertiary/aromatic N) is 1. The fourth-order valence-electron chi connectivity index (χ4n) is 1.68. The third-order valence-corrected chi connectivity index (χ3v) is 4.92. The molecule has 19 heavy (non-hydrogen) atoms. The first kappa shape index (κ1) is 16.8. The average molecular weight is 323 g/mol. The third-order valence-electron chi connectivity index (χ3n) is 2.91. The van der Waals surface area contributed by atoms with Gasteiger partial charge in [0.1, 0.15) is 23.5 Å². The van der Waals surface area contributed by atoms with Crippen LogP contribution in [-0.4, -0.2) is 19.4 Å². The summed E-state index contributed by atoms with van der Waals surface area (Å²) in [5.41, 5.74) is 2.80. The van der Waals surface area contributed by atoms with Gasteiger partial charge in [0.15, 0.2) is 0 Å². The molecule has 0 saturated heterocycles. The fraction of sp³-hybridized carbons (Fsp3) is 0.583. The van der Waals surface area contributed by atoms with E-state index in [1.165, 1.54) is 11.3 Å². The Balaban J connectivity index is 2.38. The van der Waals surface area contributed by atoms with Crippen LogP contribution >= 0.6 is 35.2 Å². The van der Waals surface area contributed by atoms with Crippen molar-refractivity contribution in [3.8, 4) is 0 Å². The van der Waals surface area contributed by atoms with E-state index >= 15 is 0 Å². The van der Waals surface area contributed by atoms with Crippen LogP contribution in [0.1, 0.15) is 26.7 Å². The van der Waals surface area contributed by atoms with Crippen molar-refractivity contribution in [2.24, 2.45) is 5.92 Å². The quantitative estimate of drug-likeness (QED) is 0.323.